The van der Waals surface area contributed by atoms with E-state index < -0.39 is 0 Å². The van der Waals surface area contributed by atoms with E-state index in [9.17, 15) is 9.90 Å². The number of amides is 1. The Kier molecular flexibility index (Phi) is 3.40. The third kappa shape index (κ3) is 2.27. The second kappa shape index (κ2) is 5.20. The van der Waals surface area contributed by atoms with Crippen LogP contribution in [0.3, 0.4) is 0 Å². The van der Waals surface area contributed by atoms with E-state index in [1.54, 1.807) is 19.2 Å². The van der Waals surface area contributed by atoms with Gasteiger partial charge in [0.1, 0.15) is 5.75 Å². The minimum atomic E-state index is -0.121. The zero-order valence-electron chi connectivity index (χ0n) is 11.4. The highest BCUT2D eigenvalue weighted by molar-refractivity contribution is 5.81. The topological polar surface area (TPSA) is 71.0 Å². The summed E-state index contributed by atoms with van der Waals surface area (Å²) < 4.78 is 10.5. The van der Waals surface area contributed by atoms with Gasteiger partial charge >= 0.3 is 0 Å². The number of likely N-dealkylation sites (N-methyl/N-ethyl adjacent to an activating group) is 1. The lowest BCUT2D eigenvalue weighted by molar-refractivity contribution is -0.125. The summed E-state index contributed by atoms with van der Waals surface area (Å²) in [6, 6.07) is 3.24. The van der Waals surface area contributed by atoms with E-state index in [4.69, 9.17) is 9.47 Å². The van der Waals surface area contributed by atoms with Crippen molar-refractivity contribution in [1.82, 2.24) is 10.2 Å². The van der Waals surface area contributed by atoms with Crippen LogP contribution in [-0.2, 0) is 11.3 Å². The molecule has 6 nitrogen and oxygen atoms in total. The first-order chi connectivity index (χ1) is 9.69. The minimum absolute atomic E-state index is 0.0303. The van der Waals surface area contributed by atoms with Crippen molar-refractivity contribution in [3.8, 4) is 17.2 Å². The number of phenols is 1. The predicted molar refractivity (Wildman–Crippen MR) is 71.7 cm³/mol. The molecule has 1 atom stereocenters. The first kappa shape index (κ1) is 13.1. The van der Waals surface area contributed by atoms with Gasteiger partial charge in [0.25, 0.3) is 0 Å². The van der Waals surface area contributed by atoms with E-state index in [1.165, 1.54) is 0 Å². The lowest BCUT2D eigenvalue weighted by atomic mass is 10.1. The molecule has 1 fully saturated rings. The summed E-state index contributed by atoms with van der Waals surface area (Å²) >= 11 is 0. The molecular formula is C14H18N2O4. The highest BCUT2D eigenvalue weighted by Crippen LogP contribution is 2.38. The van der Waals surface area contributed by atoms with Crippen molar-refractivity contribution in [3.05, 3.63) is 17.7 Å². The van der Waals surface area contributed by atoms with Gasteiger partial charge in [-0.05, 0) is 25.5 Å². The normalized spacial score (nSPS) is 21.1. The molecular weight excluding hydrogens is 260 g/mol. The molecule has 0 aliphatic carbocycles. The number of carbonyl (C=O) groups is 1. The van der Waals surface area contributed by atoms with Crippen LogP contribution in [0, 0.1) is 0 Å². The molecule has 0 bridgehead atoms. The van der Waals surface area contributed by atoms with Crippen LogP contribution in [-0.4, -0.2) is 42.3 Å². The lowest BCUT2D eigenvalue weighted by Gasteiger charge is -2.23. The number of nitrogens with zero attached hydrogens (tertiary/aromatic N) is 1. The van der Waals surface area contributed by atoms with E-state index >= 15 is 0 Å². The molecule has 20 heavy (non-hydrogen) atoms. The van der Waals surface area contributed by atoms with E-state index in [2.05, 4.69) is 10.2 Å². The van der Waals surface area contributed by atoms with Gasteiger partial charge in [-0.1, -0.05) is 0 Å². The van der Waals surface area contributed by atoms with Gasteiger partial charge in [-0.15, -0.1) is 0 Å². The Morgan fingerprint density at radius 2 is 2.20 bits per heavy atom. The monoisotopic (exact) mass is 278 g/mol. The summed E-state index contributed by atoms with van der Waals surface area (Å²) in [4.78, 5) is 13.9. The van der Waals surface area contributed by atoms with Gasteiger partial charge in [0.15, 0.2) is 11.5 Å². The number of ether oxygens (including phenoxy) is 2. The molecule has 0 saturated carbocycles. The summed E-state index contributed by atoms with van der Waals surface area (Å²) in [5.41, 5.74) is 0.755. The van der Waals surface area contributed by atoms with E-state index in [-0.39, 0.29) is 24.5 Å². The second-order valence-corrected chi connectivity index (χ2v) is 5.08. The Morgan fingerprint density at radius 1 is 1.45 bits per heavy atom. The first-order valence-corrected chi connectivity index (χ1v) is 6.76. The highest BCUT2D eigenvalue weighted by Gasteiger charge is 2.30. The van der Waals surface area contributed by atoms with Gasteiger partial charge in [0, 0.05) is 25.2 Å². The number of likely N-dealkylation sites (tertiary alicyclic amines) is 1. The maximum atomic E-state index is 11.8. The standard InChI is InChI=1S/C14H18N2O4/c1-15-14(18)10-3-2-4-16(10)7-9-5-12-13(6-11(9)17)20-8-19-12/h5-6,10,17H,2-4,7-8H2,1H3,(H,15,18). The molecule has 3 rings (SSSR count). The van der Waals surface area contributed by atoms with Crippen molar-refractivity contribution in [3.63, 3.8) is 0 Å². The zero-order valence-corrected chi connectivity index (χ0v) is 11.4. The zero-order chi connectivity index (χ0) is 14.1. The highest BCUT2D eigenvalue weighted by atomic mass is 16.7. The molecule has 2 heterocycles. The molecule has 2 aliphatic heterocycles. The maximum absolute atomic E-state index is 11.8. The average molecular weight is 278 g/mol. The number of nitrogens with one attached hydrogen (secondary N) is 1. The summed E-state index contributed by atoms with van der Waals surface area (Å²) in [7, 11) is 1.65. The number of fused-ring (bicyclic) bond motifs is 1. The maximum Gasteiger partial charge on any atom is 0.237 e. The van der Waals surface area contributed by atoms with Gasteiger partial charge in [-0.3, -0.25) is 9.69 Å². The molecule has 0 aromatic heterocycles. The second-order valence-electron chi connectivity index (χ2n) is 5.08. The van der Waals surface area contributed by atoms with Crippen LogP contribution in [0.2, 0.25) is 0 Å². The van der Waals surface area contributed by atoms with Gasteiger partial charge in [0.2, 0.25) is 12.7 Å². The predicted octanol–water partition coefficient (Wildman–Crippen LogP) is 0.831. The first-order valence-electron chi connectivity index (χ1n) is 6.76. The molecule has 1 aromatic carbocycles. The van der Waals surface area contributed by atoms with E-state index in [1.807, 2.05) is 0 Å². The number of phenolic OH excluding ortho intramolecular Hbond substituents is 1. The summed E-state index contributed by atoms with van der Waals surface area (Å²) in [6.45, 7) is 1.56. The van der Waals surface area contributed by atoms with Crippen LogP contribution < -0.4 is 14.8 Å². The van der Waals surface area contributed by atoms with Crippen LogP contribution in [0.5, 0.6) is 17.2 Å². The van der Waals surface area contributed by atoms with Crippen LogP contribution in [0.1, 0.15) is 18.4 Å². The number of rotatable bonds is 3. The number of benzene rings is 1. The summed E-state index contributed by atoms with van der Waals surface area (Å²) in [5.74, 6) is 1.42. The largest absolute Gasteiger partial charge is 0.507 e. The van der Waals surface area contributed by atoms with Crippen molar-refractivity contribution < 1.29 is 19.4 Å². The third-order valence-corrected chi connectivity index (χ3v) is 3.86. The van der Waals surface area contributed by atoms with Crippen LogP contribution in [0.4, 0.5) is 0 Å². The third-order valence-electron chi connectivity index (χ3n) is 3.86. The number of carbonyl (C=O) groups excluding carboxylic acids is 1. The fourth-order valence-electron chi connectivity index (χ4n) is 2.80. The summed E-state index contributed by atoms with van der Waals surface area (Å²) in [5, 5.41) is 12.7. The Balaban J connectivity index is 1.79. The van der Waals surface area contributed by atoms with Gasteiger partial charge in [-0.2, -0.15) is 0 Å². The molecule has 108 valence electrons. The Bertz CT molecular complexity index is 532. The van der Waals surface area contributed by atoms with E-state index in [0.29, 0.717) is 18.0 Å². The Labute approximate surface area is 117 Å². The van der Waals surface area contributed by atoms with Gasteiger partial charge < -0.3 is 19.9 Å². The fraction of sp³-hybridized carbons (Fsp3) is 0.500. The quantitative estimate of drug-likeness (QED) is 0.857. The molecule has 0 radical (unpaired) electrons. The van der Waals surface area contributed by atoms with Crippen molar-refractivity contribution in [2.75, 3.05) is 20.4 Å². The molecule has 2 N–H and O–H groups in total. The van der Waals surface area contributed by atoms with Crippen LogP contribution in [0.15, 0.2) is 12.1 Å². The van der Waals surface area contributed by atoms with E-state index in [0.717, 1.165) is 24.9 Å². The van der Waals surface area contributed by atoms with Gasteiger partial charge in [0.05, 0.1) is 6.04 Å². The summed E-state index contributed by atoms with van der Waals surface area (Å²) in [6.07, 6.45) is 1.84. The van der Waals surface area contributed by atoms with Crippen molar-refractivity contribution in [2.24, 2.45) is 0 Å². The minimum Gasteiger partial charge on any atom is -0.507 e. The smallest absolute Gasteiger partial charge is 0.237 e. The Morgan fingerprint density at radius 3 is 2.95 bits per heavy atom. The SMILES string of the molecule is CNC(=O)C1CCCN1Cc1cc2c(cc1O)OCO2. The van der Waals surface area contributed by atoms with Crippen LogP contribution in [0.25, 0.3) is 0 Å². The molecule has 1 amide bonds. The molecule has 1 aromatic rings. The van der Waals surface area contributed by atoms with Crippen molar-refractivity contribution >= 4 is 5.91 Å². The Hall–Kier alpha value is -1.95. The number of hydrogen-bond donors (Lipinski definition) is 2. The van der Waals surface area contributed by atoms with Crippen LogP contribution >= 0.6 is 0 Å². The average Bonchev–Trinajstić information content (AvgIpc) is 3.07. The number of hydrogen-bond acceptors (Lipinski definition) is 5. The molecule has 0 spiro atoms. The van der Waals surface area contributed by atoms with Crippen molar-refractivity contribution in [1.29, 1.82) is 0 Å². The fourth-order valence-corrected chi connectivity index (χ4v) is 2.80. The molecule has 2 aliphatic rings. The molecule has 1 saturated heterocycles. The van der Waals surface area contributed by atoms with Crippen molar-refractivity contribution in [2.45, 2.75) is 25.4 Å². The molecule has 6 heteroatoms. The molecule has 1 unspecified atom stereocenters. The van der Waals surface area contributed by atoms with Gasteiger partial charge in [-0.25, -0.2) is 0 Å². The lowest BCUT2D eigenvalue weighted by Crippen LogP contribution is -2.41. The number of aromatic hydroxyl groups is 1.